The fraction of sp³-hybridized carbons (Fsp3) is 0.444. The van der Waals surface area contributed by atoms with E-state index in [2.05, 4.69) is 61.8 Å². The zero-order valence-electron chi connectivity index (χ0n) is 11.9. The summed E-state index contributed by atoms with van der Waals surface area (Å²) < 4.78 is 0. The van der Waals surface area contributed by atoms with E-state index in [0.717, 1.165) is 11.8 Å². The van der Waals surface area contributed by atoms with Crippen LogP contribution in [0.1, 0.15) is 25.3 Å². The molecule has 3 atom stereocenters. The molecule has 0 bridgehead atoms. The molecule has 0 amide bonds. The van der Waals surface area contributed by atoms with Crippen LogP contribution in [0.3, 0.4) is 0 Å². The van der Waals surface area contributed by atoms with Crippen molar-refractivity contribution in [3.8, 4) is 0 Å². The molecular weight excluding hydrogens is 230 g/mol. The van der Waals surface area contributed by atoms with Crippen LogP contribution in [0.4, 0.5) is 0 Å². The van der Waals surface area contributed by atoms with E-state index in [1.54, 1.807) is 0 Å². The van der Waals surface area contributed by atoms with Gasteiger partial charge in [-0.2, -0.15) is 0 Å². The lowest BCUT2D eigenvalue weighted by Crippen LogP contribution is -2.29. The number of benzene rings is 2. The van der Waals surface area contributed by atoms with Crippen LogP contribution >= 0.6 is 0 Å². The summed E-state index contributed by atoms with van der Waals surface area (Å²) in [5.41, 5.74) is 1.52. The van der Waals surface area contributed by atoms with Crippen LogP contribution in [0, 0.1) is 11.8 Å². The van der Waals surface area contributed by atoms with Crippen LogP contribution in [0.5, 0.6) is 0 Å². The van der Waals surface area contributed by atoms with E-state index in [1.807, 2.05) is 0 Å². The zero-order valence-corrected chi connectivity index (χ0v) is 11.9. The van der Waals surface area contributed by atoms with E-state index in [-0.39, 0.29) is 0 Å². The van der Waals surface area contributed by atoms with Crippen molar-refractivity contribution >= 4 is 10.8 Å². The first-order valence-electron chi connectivity index (χ1n) is 7.43. The maximum Gasteiger partial charge on any atom is 0.00925 e. The van der Waals surface area contributed by atoms with Gasteiger partial charge in [0.25, 0.3) is 0 Å². The molecule has 1 fully saturated rings. The summed E-state index contributed by atoms with van der Waals surface area (Å²) in [6.45, 7) is 2.41. The van der Waals surface area contributed by atoms with E-state index in [1.165, 1.54) is 35.6 Å². The Kier molecular flexibility index (Phi) is 3.56. The quantitative estimate of drug-likeness (QED) is 0.871. The van der Waals surface area contributed by atoms with E-state index < -0.39 is 0 Å². The Labute approximate surface area is 116 Å². The Morgan fingerprint density at radius 2 is 1.84 bits per heavy atom. The van der Waals surface area contributed by atoms with Crippen LogP contribution in [-0.4, -0.2) is 13.1 Å². The Balaban J connectivity index is 1.86. The van der Waals surface area contributed by atoms with E-state index >= 15 is 0 Å². The average Bonchev–Trinajstić information content (AvgIpc) is 2.80. The maximum atomic E-state index is 3.47. The molecule has 1 N–H and O–H groups in total. The van der Waals surface area contributed by atoms with Crippen LogP contribution in [-0.2, 0) is 6.42 Å². The van der Waals surface area contributed by atoms with Gasteiger partial charge in [0.05, 0.1) is 0 Å². The highest BCUT2D eigenvalue weighted by Crippen LogP contribution is 2.35. The van der Waals surface area contributed by atoms with E-state index in [4.69, 9.17) is 0 Å². The average molecular weight is 253 g/mol. The topological polar surface area (TPSA) is 12.0 Å². The standard InChI is InChI=1S/C18H23N/c1-13-15(10-11-18(13)19-2)12-16-8-5-7-14-6-3-4-9-17(14)16/h3-9,13,15,18-19H,10-12H2,1-2H3. The molecule has 1 heteroatoms. The summed E-state index contributed by atoms with van der Waals surface area (Å²) in [7, 11) is 2.10. The summed E-state index contributed by atoms with van der Waals surface area (Å²) in [6, 6.07) is 16.2. The van der Waals surface area contributed by atoms with Crippen molar-refractivity contribution in [2.75, 3.05) is 7.05 Å². The molecule has 100 valence electrons. The number of nitrogens with one attached hydrogen (secondary N) is 1. The van der Waals surface area contributed by atoms with E-state index in [9.17, 15) is 0 Å². The van der Waals surface area contributed by atoms with Gasteiger partial charge in [-0.05, 0) is 54.5 Å². The Hall–Kier alpha value is -1.34. The number of fused-ring (bicyclic) bond motifs is 1. The molecule has 1 nitrogen and oxygen atoms in total. The molecule has 19 heavy (non-hydrogen) atoms. The minimum absolute atomic E-state index is 0.708. The van der Waals surface area contributed by atoms with Gasteiger partial charge in [0.15, 0.2) is 0 Å². The first kappa shape index (κ1) is 12.7. The largest absolute Gasteiger partial charge is 0.317 e. The molecule has 1 aliphatic rings. The highest BCUT2D eigenvalue weighted by molar-refractivity contribution is 5.85. The van der Waals surface area contributed by atoms with Crippen molar-refractivity contribution in [1.29, 1.82) is 0 Å². The normalized spacial score (nSPS) is 26.9. The second kappa shape index (κ2) is 5.34. The minimum atomic E-state index is 0.708. The van der Waals surface area contributed by atoms with E-state index in [0.29, 0.717) is 6.04 Å². The predicted molar refractivity (Wildman–Crippen MR) is 82.4 cm³/mol. The monoisotopic (exact) mass is 253 g/mol. The Bertz CT molecular complexity index is 555. The van der Waals surface area contributed by atoms with Crippen LogP contribution in [0.2, 0.25) is 0 Å². The lowest BCUT2D eigenvalue weighted by atomic mass is 9.88. The van der Waals surface area contributed by atoms with Crippen molar-refractivity contribution in [1.82, 2.24) is 5.32 Å². The van der Waals surface area contributed by atoms with Crippen molar-refractivity contribution in [3.63, 3.8) is 0 Å². The SMILES string of the molecule is CNC1CCC(Cc2cccc3ccccc23)C1C. The number of hydrogen-bond donors (Lipinski definition) is 1. The second-order valence-electron chi connectivity index (χ2n) is 5.93. The first-order valence-corrected chi connectivity index (χ1v) is 7.43. The third kappa shape index (κ3) is 2.40. The molecule has 0 saturated heterocycles. The zero-order chi connectivity index (χ0) is 13.2. The third-order valence-corrected chi connectivity index (χ3v) is 4.96. The molecule has 2 aromatic carbocycles. The summed E-state index contributed by atoms with van der Waals surface area (Å²) in [4.78, 5) is 0. The van der Waals surface area contributed by atoms with Gasteiger partial charge >= 0.3 is 0 Å². The third-order valence-electron chi connectivity index (χ3n) is 4.96. The van der Waals surface area contributed by atoms with Crippen molar-refractivity contribution in [2.45, 2.75) is 32.2 Å². The molecule has 3 unspecified atom stereocenters. The van der Waals surface area contributed by atoms with Crippen molar-refractivity contribution < 1.29 is 0 Å². The Morgan fingerprint density at radius 1 is 1.05 bits per heavy atom. The van der Waals surface area contributed by atoms with Gasteiger partial charge in [-0.1, -0.05) is 49.4 Å². The van der Waals surface area contributed by atoms with Gasteiger partial charge in [-0.15, -0.1) is 0 Å². The molecule has 0 aromatic heterocycles. The van der Waals surface area contributed by atoms with Gasteiger partial charge in [0.2, 0.25) is 0 Å². The fourth-order valence-corrected chi connectivity index (χ4v) is 3.70. The smallest absolute Gasteiger partial charge is 0.00925 e. The molecule has 0 aliphatic heterocycles. The van der Waals surface area contributed by atoms with Gasteiger partial charge in [0.1, 0.15) is 0 Å². The summed E-state index contributed by atoms with van der Waals surface area (Å²) >= 11 is 0. The summed E-state index contributed by atoms with van der Waals surface area (Å²) in [5.74, 6) is 1.60. The molecule has 1 saturated carbocycles. The molecule has 3 rings (SSSR count). The second-order valence-corrected chi connectivity index (χ2v) is 5.93. The van der Waals surface area contributed by atoms with Crippen LogP contribution in [0.25, 0.3) is 10.8 Å². The predicted octanol–water partition coefficient (Wildman–Crippen LogP) is 4.02. The van der Waals surface area contributed by atoms with Crippen LogP contribution in [0.15, 0.2) is 42.5 Å². The maximum absolute atomic E-state index is 3.47. The van der Waals surface area contributed by atoms with Crippen molar-refractivity contribution in [3.05, 3.63) is 48.0 Å². The van der Waals surface area contributed by atoms with Gasteiger partial charge in [-0.25, -0.2) is 0 Å². The molecule has 0 radical (unpaired) electrons. The summed E-state index contributed by atoms with van der Waals surface area (Å²) in [6.07, 6.45) is 3.91. The van der Waals surface area contributed by atoms with Gasteiger partial charge < -0.3 is 5.32 Å². The number of hydrogen-bond acceptors (Lipinski definition) is 1. The molecule has 1 aliphatic carbocycles. The molecule has 0 heterocycles. The van der Waals surface area contributed by atoms with Gasteiger partial charge in [-0.3, -0.25) is 0 Å². The van der Waals surface area contributed by atoms with Crippen LogP contribution < -0.4 is 5.32 Å². The lowest BCUT2D eigenvalue weighted by Gasteiger charge is -2.21. The minimum Gasteiger partial charge on any atom is -0.317 e. The fourth-order valence-electron chi connectivity index (χ4n) is 3.70. The highest BCUT2D eigenvalue weighted by Gasteiger charge is 2.31. The Morgan fingerprint density at radius 3 is 2.63 bits per heavy atom. The highest BCUT2D eigenvalue weighted by atomic mass is 14.9. The lowest BCUT2D eigenvalue weighted by molar-refractivity contribution is 0.364. The summed E-state index contributed by atoms with van der Waals surface area (Å²) in [5, 5.41) is 6.27. The van der Waals surface area contributed by atoms with Gasteiger partial charge in [0, 0.05) is 6.04 Å². The molecule has 0 spiro atoms. The molecule has 2 aromatic rings. The number of rotatable bonds is 3. The first-order chi connectivity index (χ1) is 9.29. The molecular formula is C18H23N. The van der Waals surface area contributed by atoms with Crippen molar-refractivity contribution in [2.24, 2.45) is 11.8 Å².